The highest BCUT2D eigenvalue weighted by molar-refractivity contribution is 7.16. The van der Waals surface area contributed by atoms with E-state index in [0.717, 1.165) is 10.8 Å². The molecule has 0 aliphatic carbocycles. The van der Waals surface area contributed by atoms with Gasteiger partial charge in [0.25, 0.3) is 0 Å². The SMILES string of the molecule is NCC(CN)Cc1ccc(Cl)s1. The van der Waals surface area contributed by atoms with Crippen molar-refractivity contribution in [1.82, 2.24) is 0 Å². The number of thiophene rings is 1. The summed E-state index contributed by atoms with van der Waals surface area (Å²) in [7, 11) is 0. The molecule has 1 heterocycles. The maximum absolute atomic E-state index is 5.79. The molecule has 0 saturated carbocycles. The smallest absolute Gasteiger partial charge is 0.0931 e. The second kappa shape index (κ2) is 4.82. The summed E-state index contributed by atoms with van der Waals surface area (Å²) in [5.41, 5.74) is 11.1. The van der Waals surface area contributed by atoms with Crippen LogP contribution in [0.5, 0.6) is 0 Å². The Morgan fingerprint density at radius 2 is 2.00 bits per heavy atom. The standard InChI is InChI=1S/C8H13ClN2S/c9-8-2-1-7(12-8)3-6(4-10)5-11/h1-2,6H,3-5,10-11H2. The molecule has 12 heavy (non-hydrogen) atoms. The molecule has 0 spiro atoms. The van der Waals surface area contributed by atoms with E-state index < -0.39 is 0 Å². The number of hydrogen-bond acceptors (Lipinski definition) is 3. The Balaban J connectivity index is 2.50. The second-order valence-corrected chi connectivity index (χ2v) is 4.55. The van der Waals surface area contributed by atoms with E-state index in [1.807, 2.05) is 12.1 Å². The molecular formula is C8H13ClN2S. The lowest BCUT2D eigenvalue weighted by atomic mass is 10.1. The zero-order valence-corrected chi connectivity index (χ0v) is 8.37. The summed E-state index contributed by atoms with van der Waals surface area (Å²) in [4.78, 5) is 1.26. The lowest BCUT2D eigenvalue weighted by Gasteiger charge is -2.09. The topological polar surface area (TPSA) is 52.0 Å². The number of nitrogens with two attached hydrogens (primary N) is 2. The lowest BCUT2D eigenvalue weighted by molar-refractivity contribution is 0.552. The fraction of sp³-hybridized carbons (Fsp3) is 0.500. The van der Waals surface area contributed by atoms with Gasteiger partial charge in [0.05, 0.1) is 4.34 Å². The van der Waals surface area contributed by atoms with E-state index >= 15 is 0 Å². The summed E-state index contributed by atoms with van der Waals surface area (Å²) in [5.74, 6) is 0.389. The maximum Gasteiger partial charge on any atom is 0.0931 e. The van der Waals surface area contributed by atoms with Crippen molar-refractivity contribution in [2.45, 2.75) is 6.42 Å². The summed E-state index contributed by atoms with van der Waals surface area (Å²) in [6, 6.07) is 3.94. The molecule has 0 aliphatic heterocycles. The monoisotopic (exact) mass is 204 g/mol. The van der Waals surface area contributed by atoms with Crippen LogP contribution in [0.2, 0.25) is 4.34 Å². The third-order valence-electron chi connectivity index (χ3n) is 1.79. The van der Waals surface area contributed by atoms with Gasteiger partial charge in [0, 0.05) is 4.88 Å². The summed E-state index contributed by atoms with van der Waals surface area (Å²) < 4.78 is 0.831. The van der Waals surface area contributed by atoms with Gasteiger partial charge < -0.3 is 11.5 Å². The molecule has 0 amide bonds. The first-order valence-electron chi connectivity index (χ1n) is 3.90. The minimum absolute atomic E-state index is 0.389. The zero-order valence-electron chi connectivity index (χ0n) is 6.79. The van der Waals surface area contributed by atoms with Crippen molar-refractivity contribution in [1.29, 1.82) is 0 Å². The van der Waals surface area contributed by atoms with E-state index in [9.17, 15) is 0 Å². The van der Waals surface area contributed by atoms with E-state index in [2.05, 4.69) is 0 Å². The van der Waals surface area contributed by atoms with Crippen LogP contribution in [0, 0.1) is 5.92 Å². The van der Waals surface area contributed by atoms with Gasteiger partial charge in [-0.05, 0) is 37.6 Å². The first-order valence-corrected chi connectivity index (χ1v) is 5.10. The highest BCUT2D eigenvalue weighted by Crippen LogP contribution is 2.23. The van der Waals surface area contributed by atoms with Gasteiger partial charge in [0.1, 0.15) is 0 Å². The summed E-state index contributed by atoms with van der Waals surface area (Å²) in [6.45, 7) is 1.29. The molecule has 0 saturated heterocycles. The van der Waals surface area contributed by atoms with Gasteiger partial charge in [0.2, 0.25) is 0 Å². The molecular weight excluding hydrogens is 192 g/mol. The van der Waals surface area contributed by atoms with Gasteiger partial charge in [-0.15, -0.1) is 11.3 Å². The van der Waals surface area contributed by atoms with E-state index in [0.29, 0.717) is 19.0 Å². The molecule has 0 aromatic carbocycles. The molecule has 1 aromatic heterocycles. The van der Waals surface area contributed by atoms with E-state index in [1.165, 1.54) is 4.88 Å². The molecule has 0 radical (unpaired) electrons. The van der Waals surface area contributed by atoms with E-state index in [1.54, 1.807) is 11.3 Å². The van der Waals surface area contributed by atoms with Crippen LogP contribution in [-0.4, -0.2) is 13.1 Å². The van der Waals surface area contributed by atoms with Crippen molar-refractivity contribution in [3.63, 3.8) is 0 Å². The molecule has 68 valence electrons. The van der Waals surface area contributed by atoms with Gasteiger partial charge in [-0.2, -0.15) is 0 Å². The predicted octanol–water partition coefficient (Wildman–Crippen LogP) is 1.48. The molecule has 4 heteroatoms. The third-order valence-corrected chi connectivity index (χ3v) is 3.04. The normalized spacial score (nSPS) is 11.0. The van der Waals surface area contributed by atoms with Gasteiger partial charge in [0.15, 0.2) is 0 Å². The minimum Gasteiger partial charge on any atom is -0.330 e. The highest BCUT2D eigenvalue weighted by Gasteiger charge is 2.06. The third kappa shape index (κ3) is 2.75. The van der Waals surface area contributed by atoms with E-state index in [4.69, 9.17) is 23.1 Å². The Hall–Kier alpha value is -0.0900. The van der Waals surface area contributed by atoms with Crippen LogP contribution in [0.4, 0.5) is 0 Å². The van der Waals surface area contributed by atoms with Crippen LogP contribution in [0.1, 0.15) is 4.88 Å². The Kier molecular flexibility index (Phi) is 4.01. The first-order chi connectivity index (χ1) is 5.76. The van der Waals surface area contributed by atoms with Gasteiger partial charge in [-0.3, -0.25) is 0 Å². The Bertz CT molecular complexity index is 233. The molecule has 0 atom stereocenters. The van der Waals surface area contributed by atoms with Gasteiger partial charge in [-0.1, -0.05) is 11.6 Å². The van der Waals surface area contributed by atoms with Crippen molar-refractivity contribution in [3.05, 3.63) is 21.3 Å². The molecule has 1 rings (SSSR count). The van der Waals surface area contributed by atoms with Crippen LogP contribution in [0.3, 0.4) is 0 Å². The minimum atomic E-state index is 0.389. The predicted molar refractivity (Wildman–Crippen MR) is 54.6 cm³/mol. The molecule has 4 N–H and O–H groups in total. The first kappa shape index (κ1) is 9.99. The van der Waals surface area contributed by atoms with Crippen LogP contribution >= 0.6 is 22.9 Å². The molecule has 0 unspecified atom stereocenters. The number of hydrogen-bond donors (Lipinski definition) is 2. The second-order valence-electron chi connectivity index (χ2n) is 2.75. The summed E-state index contributed by atoms with van der Waals surface area (Å²) >= 11 is 7.39. The fourth-order valence-electron chi connectivity index (χ4n) is 1.01. The Labute approximate surface area is 81.5 Å². The van der Waals surface area contributed by atoms with Crippen molar-refractivity contribution < 1.29 is 0 Å². The Morgan fingerprint density at radius 1 is 1.33 bits per heavy atom. The maximum atomic E-state index is 5.79. The Morgan fingerprint density at radius 3 is 2.42 bits per heavy atom. The van der Waals surface area contributed by atoms with Crippen molar-refractivity contribution in [3.8, 4) is 0 Å². The molecule has 2 nitrogen and oxygen atoms in total. The largest absolute Gasteiger partial charge is 0.330 e. The quantitative estimate of drug-likeness (QED) is 0.781. The van der Waals surface area contributed by atoms with Crippen LogP contribution < -0.4 is 11.5 Å². The average molecular weight is 205 g/mol. The highest BCUT2D eigenvalue weighted by atomic mass is 35.5. The van der Waals surface area contributed by atoms with Gasteiger partial charge in [-0.25, -0.2) is 0 Å². The number of rotatable bonds is 4. The lowest BCUT2D eigenvalue weighted by Crippen LogP contribution is -2.24. The molecule has 0 bridgehead atoms. The van der Waals surface area contributed by atoms with E-state index in [-0.39, 0.29) is 0 Å². The average Bonchev–Trinajstić information content (AvgIpc) is 2.47. The van der Waals surface area contributed by atoms with Gasteiger partial charge >= 0.3 is 0 Å². The van der Waals surface area contributed by atoms with Crippen molar-refractivity contribution in [2.75, 3.05) is 13.1 Å². The zero-order chi connectivity index (χ0) is 8.97. The molecule has 0 aliphatic rings. The van der Waals surface area contributed by atoms with Crippen LogP contribution in [0.25, 0.3) is 0 Å². The fourth-order valence-corrected chi connectivity index (χ4v) is 2.21. The molecule has 1 aromatic rings. The number of halogens is 1. The molecule has 0 fully saturated rings. The van der Waals surface area contributed by atoms with Crippen LogP contribution in [-0.2, 0) is 6.42 Å². The van der Waals surface area contributed by atoms with Crippen molar-refractivity contribution >= 4 is 22.9 Å². The summed E-state index contributed by atoms with van der Waals surface area (Å²) in [6.07, 6.45) is 0.949. The van der Waals surface area contributed by atoms with Crippen LogP contribution in [0.15, 0.2) is 12.1 Å². The summed E-state index contributed by atoms with van der Waals surface area (Å²) in [5, 5.41) is 0. The van der Waals surface area contributed by atoms with Crippen molar-refractivity contribution in [2.24, 2.45) is 17.4 Å².